The van der Waals surface area contributed by atoms with Gasteiger partial charge in [0.15, 0.2) is 6.61 Å². The van der Waals surface area contributed by atoms with Gasteiger partial charge in [-0.25, -0.2) is 4.79 Å². The van der Waals surface area contributed by atoms with Gasteiger partial charge in [0.2, 0.25) is 0 Å². The van der Waals surface area contributed by atoms with Crippen LogP contribution in [-0.2, 0) is 4.79 Å². The largest absolute Gasteiger partial charge is 0.484 e. The second-order valence-electron chi connectivity index (χ2n) is 6.47. The minimum absolute atomic E-state index is 0.111. The lowest BCUT2D eigenvalue weighted by atomic mass is 10.3. The average Bonchev–Trinajstić information content (AvgIpc) is 3.08. The normalized spacial score (nSPS) is 13.5. The molecule has 1 saturated heterocycles. The van der Waals surface area contributed by atoms with Gasteiger partial charge in [0.05, 0.1) is 0 Å². The Morgan fingerprint density at radius 2 is 1.86 bits per heavy atom. The average molecular weight is 434 g/mol. The van der Waals surface area contributed by atoms with E-state index in [4.69, 9.17) is 27.9 Å². The summed E-state index contributed by atoms with van der Waals surface area (Å²) in [6, 6.07) is 13.8. The summed E-state index contributed by atoms with van der Waals surface area (Å²) in [6.45, 7) is 5.36. The molecule has 0 saturated carbocycles. The fraction of sp³-hybridized carbons (Fsp3) is 0.238. The third kappa shape index (κ3) is 5.65. The molecular formula is C21H21Cl2N3O3. The Morgan fingerprint density at radius 3 is 2.59 bits per heavy atom. The fourth-order valence-electron chi connectivity index (χ4n) is 2.93. The maximum absolute atomic E-state index is 12.7. The van der Waals surface area contributed by atoms with Crippen molar-refractivity contribution >= 4 is 40.8 Å². The van der Waals surface area contributed by atoms with Crippen molar-refractivity contribution < 1.29 is 14.3 Å². The zero-order valence-electron chi connectivity index (χ0n) is 15.7. The van der Waals surface area contributed by atoms with E-state index < -0.39 is 0 Å². The Balaban J connectivity index is 1.42. The van der Waals surface area contributed by atoms with Crippen LogP contribution in [0.5, 0.6) is 5.75 Å². The van der Waals surface area contributed by atoms with Gasteiger partial charge in [0.1, 0.15) is 5.75 Å². The van der Waals surface area contributed by atoms with E-state index >= 15 is 0 Å². The molecule has 3 amide bonds. The Labute approximate surface area is 179 Å². The first-order valence-electron chi connectivity index (χ1n) is 9.11. The number of nitrogens with zero attached hydrogens (tertiary/aromatic N) is 2. The molecule has 1 aliphatic rings. The van der Waals surface area contributed by atoms with E-state index in [0.717, 1.165) is 5.69 Å². The summed E-state index contributed by atoms with van der Waals surface area (Å²) in [5.41, 5.74) is 1.45. The summed E-state index contributed by atoms with van der Waals surface area (Å²) in [5, 5.41) is 3.93. The number of ether oxygens (including phenoxy) is 1. The van der Waals surface area contributed by atoms with E-state index in [1.54, 1.807) is 46.2 Å². The summed E-state index contributed by atoms with van der Waals surface area (Å²) in [4.78, 5) is 27.9. The molecule has 0 atom stereocenters. The fourth-order valence-corrected chi connectivity index (χ4v) is 3.24. The number of hydrogen-bond acceptors (Lipinski definition) is 3. The summed E-state index contributed by atoms with van der Waals surface area (Å²) in [6.07, 6.45) is 0.461. The number of carbonyl (C=O) groups excluding carboxylic acids is 2. The summed E-state index contributed by atoms with van der Waals surface area (Å²) < 4.78 is 5.39. The van der Waals surface area contributed by atoms with Gasteiger partial charge in [0.25, 0.3) is 5.91 Å². The molecular weight excluding hydrogens is 413 g/mol. The van der Waals surface area contributed by atoms with Crippen molar-refractivity contribution in [3.63, 3.8) is 0 Å². The van der Waals surface area contributed by atoms with Crippen molar-refractivity contribution in [1.82, 2.24) is 10.2 Å². The third-order valence-electron chi connectivity index (χ3n) is 4.43. The summed E-state index contributed by atoms with van der Waals surface area (Å²) in [7, 11) is 0. The molecule has 1 N–H and O–H groups in total. The highest BCUT2D eigenvalue weighted by Gasteiger charge is 2.30. The van der Waals surface area contributed by atoms with Crippen LogP contribution >= 0.6 is 23.2 Å². The molecule has 152 valence electrons. The molecule has 6 nitrogen and oxygen atoms in total. The van der Waals surface area contributed by atoms with E-state index in [0.29, 0.717) is 47.5 Å². The van der Waals surface area contributed by atoms with Gasteiger partial charge in [-0.15, -0.1) is 0 Å². The second kappa shape index (κ2) is 9.67. The Morgan fingerprint density at radius 1 is 1.10 bits per heavy atom. The number of hydrogen-bond donors (Lipinski definition) is 1. The van der Waals surface area contributed by atoms with E-state index in [-0.39, 0.29) is 18.5 Å². The molecule has 3 rings (SSSR count). The smallest absolute Gasteiger partial charge is 0.328 e. The lowest BCUT2D eigenvalue weighted by Crippen LogP contribution is -2.34. The van der Waals surface area contributed by atoms with Crippen LogP contribution in [0.4, 0.5) is 10.5 Å². The molecule has 0 aromatic heterocycles. The standard InChI is InChI=1S/C21H21Cl2N3O3/c1-15(9-10-24-20(27)14-29-19-4-2-3-17(23)13-19)25-11-12-26(21(25)28)18-7-5-16(22)6-8-18/h2-8,13H,1,9-12,14H2,(H,24,27). The van der Waals surface area contributed by atoms with Crippen LogP contribution in [0.3, 0.4) is 0 Å². The SMILES string of the molecule is C=C(CCNC(=O)COc1cccc(Cl)c1)N1CCN(c2ccc(Cl)cc2)C1=O. The number of urea groups is 1. The van der Waals surface area contributed by atoms with Gasteiger partial charge >= 0.3 is 6.03 Å². The number of nitrogens with one attached hydrogen (secondary N) is 1. The van der Waals surface area contributed by atoms with Gasteiger partial charge in [-0.05, 0) is 42.5 Å². The minimum atomic E-state index is -0.256. The highest BCUT2D eigenvalue weighted by atomic mass is 35.5. The molecule has 0 unspecified atom stereocenters. The second-order valence-corrected chi connectivity index (χ2v) is 7.35. The number of benzene rings is 2. The predicted molar refractivity (Wildman–Crippen MR) is 115 cm³/mol. The molecule has 0 radical (unpaired) electrons. The molecule has 1 heterocycles. The molecule has 29 heavy (non-hydrogen) atoms. The van der Waals surface area contributed by atoms with Crippen molar-refractivity contribution in [2.24, 2.45) is 0 Å². The maximum atomic E-state index is 12.7. The first kappa shape index (κ1) is 21.0. The third-order valence-corrected chi connectivity index (χ3v) is 4.92. The van der Waals surface area contributed by atoms with Crippen LogP contribution in [0, 0.1) is 0 Å². The van der Waals surface area contributed by atoms with Crippen LogP contribution < -0.4 is 15.0 Å². The number of halogens is 2. The summed E-state index contributed by atoms with van der Waals surface area (Å²) in [5.74, 6) is 0.273. The van der Waals surface area contributed by atoms with Crippen LogP contribution in [0.2, 0.25) is 10.0 Å². The minimum Gasteiger partial charge on any atom is -0.484 e. The van der Waals surface area contributed by atoms with E-state index in [1.807, 2.05) is 12.1 Å². The zero-order valence-corrected chi connectivity index (χ0v) is 17.2. The first-order chi connectivity index (χ1) is 13.9. The predicted octanol–water partition coefficient (Wildman–Crippen LogP) is 4.33. The molecule has 1 fully saturated rings. The van der Waals surface area contributed by atoms with E-state index in [1.165, 1.54) is 0 Å². The van der Waals surface area contributed by atoms with Gasteiger partial charge in [-0.1, -0.05) is 35.8 Å². The zero-order chi connectivity index (χ0) is 20.8. The van der Waals surface area contributed by atoms with Crippen molar-refractivity contribution in [2.75, 3.05) is 31.1 Å². The molecule has 1 aliphatic heterocycles. The monoisotopic (exact) mass is 433 g/mol. The highest BCUT2D eigenvalue weighted by Crippen LogP contribution is 2.24. The van der Waals surface area contributed by atoms with Crippen molar-refractivity contribution in [3.8, 4) is 5.75 Å². The number of amides is 3. The Hall–Kier alpha value is -2.70. The topological polar surface area (TPSA) is 61.9 Å². The van der Waals surface area contributed by atoms with Gasteiger partial charge < -0.3 is 10.1 Å². The lowest BCUT2D eigenvalue weighted by molar-refractivity contribution is -0.123. The Bertz CT molecular complexity index is 902. The number of carbonyl (C=O) groups is 2. The number of rotatable bonds is 8. The van der Waals surface area contributed by atoms with Crippen molar-refractivity contribution in [2.45, 2.75) is 6.42 Å². The van der Waals surface area contributed by atoms with Crippen molar-refractivity contribution in [3.05, 3.63) is 70.9 Å². The molecule has 2 aromatic carbocycles. The molecule has 2 aromatic rings. The lowest BCUT2D eigenvalue weighted by Gasteiger charge is -2.20. The summed E-state index contributed by atoms with van der Waals surface area (Å²) >= 11 is 11.8. The van der Waals surface area contributed by atoms with Crippen LogP contribution in [-0.4, -0.2) is 43.1 Å². The van der Waals surface area contributed by atoms with Crippen LogP contribution in [0.15, 0.2) is 60.8 Å². The van der Waals surface area contributed by atoms with Crippen LogP contribution in [0.25, 0.3) is 0 Å². The van der Waals surface area contributed by atoms with E-state index in [2.05, 4.69) is 11.9 Å². The molecule has 0 bridgehead atoms. The maximum Gasteiger partial charge on any atom is 0.328 e. The Kier molecular flexibility index (Phi) is 7.01. The van der Waals surface area contributed by atoms with Gasteiger partial charge in [0, 0.05) is 47.5 Å². The molecule has 0 aliphatic carbocycles. The quantitative estimate of drug-likeness (QED) is 0.673. The van der Waals surface area contributed by atoms with Crippen LogP contribution in [0.1, 0.15) is 6.42 Å². The van der Waals surface area contributed by atoms with Gasteiger partial charge in [-0.2, -0.15) is 0 Å². The van der Waals surface area contributed by atoms with Gasteiger partial charge in [-0.3, -0.25) is 14.6 Å². The number of anilines is 1. The molecule has 8 heteroatoms. The van der Waals surface area contributed by atoms with Crippen molar-refractivity contribution in [1.29, 1.82) is 0 Å². The molecule has 0 spiro atoms. The van der Waals surface area contributed by atoms with E-state index in [9.17, 15) is 9.59 Å². The first-order valence-corrected chi connectivity index (χ1v) is 9.87. The highest BCUT2D eigenvalue weighted by molar-refractivity contribution is 6.31.